The van der Waals surface area contributed by atoms with Crippen molar-refractivity contribution in [2.45, 2.75) is 19.9 Å². The molecule has 1 amide bonds. The summed E-state index contributed by atoms with van der Waals surface area (Å²) >= 11 is 2.25. The number of amides is 1. The number of hydrogen-bond donors (Lipinski definition) is 3. The number of carbonyl (C=O) groups is 1. The van der Waals surface area contributed by atoms with Crippen LogP contribution in [-0.2, 0) is 4.79 Å². The highest BCUT2D eigenvalue weighted by molar-refractivity contribution is 14.1. The molecule has 0 fully saturated rings. The molecule has 0 spiro atoms. The summed E-state index contributed by atoms with van der Waals surface area (Å²) < 4.78 is 1.17. The molecule has 5 nitrogen and oxygen atoms in total. The second-order valence-electron chi connectivity index (χ2n) is 4.93. The lowest BCUT2D eigenvalue weighted by molar-refractivity contribution is -0.118. The minimum absolute atomic E-state index is 0.0876. The normalized spacial score (nSPS) is 12.4. The first-order valence-corrected chi connectivity index (χ1v) is 7.43. The maximum Gasteiger partial charge on any atom is 0.242 e. The Balaban J connectivity index is 2.09. The van der Waals surface area contributed by atoms with E-state index in [1.807, 2.05) is 38.1 Å². The first-order chi connectivity index (χ1) is 9.47. The maximum absolute atomic E-state index is 11.9. The van der Waals surface area contributed by atoms with E-state index in [4.69, 9.17) is 5.73 Å². The van der Waals surface area contributed by atoms with Gasteiger partial charge < -0.3 is 11.1 Å². The number of nitrogens with zero attached hydrogens (tertiary/aromatic N) is 1. The summed E-state index contributed by atoms with van der Waals surface area (Å²) in [6.07, 6.45) is 0. The van der Waals surface area contributed by atoms with Gasteiger partial charge in [-0.15, -0.1) is 0 Å². The molecule has 2 aromatic rings. The summed E-state index contributed by atoms with van der Waals surface area (Å²) in [6.45, 7) is 3.82. The highest BCUT2D eigenvalue weighted by Gasteiger charge is 2.18. The monoisotopic (exact) mass is 384 g/mol. The molecule has 0 radical (unpaired) electrons. The number of nitrogens with one attached hydrogen (secondary N) is 2. The van der Waals surface area contributed by atoms with Gasteiger partial charge in [0.15, 0.2) is 5.82 Å². The molecular weight excluding hydrogens is 367 g/mol. The fraction of sp³-hybridized carbons (Fsp3) is 0.286. The molecule has 1 aromatic heterocycles. The van der Waals surface area contributed by atoms with Gasteiger partial charge in [-0.1, -0.05) is 26.0 Å². The van der Waals surface area contributed by atoms with Gasteiger partial charge in [-0.25, -0.2) is 0 Å². The van der Waals surface area contributed by atoms with Crippen LogP contribution in [0.1, 0.15) is 13.8 Å². The molecule has 106 valence electrons. The van der Waals surface area contributed by atoms with E-state index in [1.165, 1.54) is 3.57 Å². The zero-order valence-corrected chi connectivity index (χ0v) is 13.5. The Kier molecular flexibility index (Phi) is 4.77. The molecule has 2 rings (SSSR count). The van der Waals surface area contributed by atoms with Crippen molar-refractivity contribution in [2.24, 2.45) is 11.7 Å². The van der Waals surface area contributed by atoms with Crippen LogP contribution in [0.5, 0.6) is 0 Å². The fourth-order valence-corrected chi connectivity index (χ4v) is 2.03. The lowest BCUT2D eigenvalue weighted by Crippen LogP contribution is -2.39. The molecule has 1 aromatic carbocycles. The first-order valence-electron chi connectivity index (χ1n) is 6.35. The van der Waals surface area contributed by atoms with Gasteiger partial charge in [0.1, 0.15) is 0 Å². The van der Waals surface area contributed by atoms with Gasteiger partial charge in [0.2, 0.25) is 5.91 Å². The van der Waals surface area contributed by atoms with Crippen LogP contribution < -0.4 is 11.1 Å². The maximum atomic E-state index is 11.9. The van der Waals surface area contributed by atoms with Gasteiger partial charge in [0.05, 0.1) is 11.7 Å². The lowest BCUT2D eigenvalue weighted by atomic mass is 10.1. The average Bonchev–Trinajstić information content (AvgIpc) is 2.87. The highest BCUT2D eigenvalue weighted by Crippen LogP contribution is 2.20. The number of nitrogens with two attached hydrogens (primary N) is 1. The summed E-state index contributed by atoms with van der Waals surface area (Å²) in [4.78, 5) is 11.9. The largest absolute Gasteiger partial charge is 0.320 e. The number of anilines is 1. The topological polar surface area (TPSA) is 83.8 Å². The van der Waals surface area contributed by atoms with E-state index in [0.29, 0.717) is 5.82 Å². The molecule has 6 heteroatoms. The van der Waals surface area contributed by atoms with Gasteiger partial charge in [0, 0.05) is 9.64 Å². The first kappa shape index (κ1) is 15.0. The molecule has 1 atom stereocenters. The molecule has 0 saturated carbocycles. The standard InChI is InChI=1S/C14H17IN4O/c1-8(2)13(16)14(20)17-12-7-11(18-19-12)9-3-5-10(15)6-4-9/h3-8,13H,16H2,1-2H3,(H2,17,18,19,20)/t13-/m0/s1. The van der Waals surface area contributed by atoms with Crippen molar-refractivity contribution in [3.8, 4) is 11.3 Å². The SMILES string of the molecule is CC(C)[C@H](N)C(=O)Nc1cc(-c2ccc(I)cc2)[nH]n1. The number of halogens is 1. The quantitative estimate of drug-likeness (QED) is 0.709. The summed E-state index contributed by atoms with van der Waals surface area (Å²) in [6, 6.07) is 9.30. The Hall–Kier alpha value is -1.41. The molecule has 0 bridgehead atoms. The van der Waals surface area contributed by atoms with Gasteiger partial charge in [0.25, 0.3) is 0 Å². The minimum Gasteiger partial charge on any atom is -0.320 e. The Morgan fingerprint density at radius 2 is 2.00 bits per heavy atom. The van der Waals surface area contributed by atoms with Crippen molar-refractivity contribution in [3.63, 3.8) is 0 Å². The number of carbonyl (C=O) groups excluding carboxylic acids is 1. The number of rotatable bonds is 4. The van der Waals surface area contributed by atoms with Crippen molar-refractivity contribution in [1.82, 2.24) is 10.2 Å². The zero-order valence-electron chi connectivity index (χ0n) is 11.4. The van der Waals surface area contributed by atoms with Crippen molar-refractivity contribution < 1.29 is 4.79 Å². The third-order valence-electron chi connectivity index (χ3n) is 3.01. The van der Waals surface area contributed by atoms with Crippen molar-refractivity contribution in [2.75, 3.05) is 5.32 Å². The van der Waals surface area contributed by atoms with E-state index in [9.17, 15) is 4.79 Å². The van der Waals surface area contributed by atoms with Crippen molar-refractivity contribution >= 4 is 34.3 Å². The number of benzene rings is 1. The smallest absolute Gasteiger partial charge is 0.242 e. The summed E-state index contributed by atoms with van der Waals surface area (Å²) in [5.41, 5.74) is 7.67. The van der Waals surface area contributed by atoms with Crippen LogP contribution in [0, 0.1) is 9.49 Å². The van der Waals surface area contributed by atoms with Crippen LogP contribution in [0.25, 0.3) is 11.3 Å². The number of H-pyrrole nitrogens is 1. The van der Waals surface area contributed by atoms with Crippen LogP contribution in [0.2, 0.25) is 0 Å². The zero-order chi connectivity index (χ0) is 14.7. The second-order valence-corrected chi connectivity index (χ2v) is 6.18. The second kappa shape index (κ2) is 6.36. The van der Waals surface area contributed by atoms with E-state index < -0.39 is 6.04 Å². The van der Waals surface area contributed by atoms with Crippen molar-refractivity contribution in [3.05, 3.63) is 33.9 Å². The molecule has 0 aliphatic heterocycles. The molecule has 1 heterocycles. The Bertz CT molecular complexity index is 591. The van der Waals surface area contributed by atoms with Crippen LogP contribution in [-0.4, -0.2) is 22.1 Å². The summed E-state index contributed by atoms with van der Waals surface area (Å²) in [5, 5.41) is 9.71. The number of aromatic nitrogens is 2. The van der Waals surface area contributed by atoms with Gasteiger partial charge in [-0.05, 0) is 46.2 Å². The summed E-state index contributed by atoms with van der Waals surface area (Å²) in [5.74, 6) is 0.352. The average molecular weight is 384 g/mol. The van der Waals surface area contributed by atoms with E-state index in [1.54, 1.807) is 6.07 Å². The van der Waals surface area contributed by atoms with E-state index in [0.717, 1.165) is 11.3 Å². The van der Waals surface area contributed by atoms with E-state index in [-0.39, 0.29) is 11.8 Å². The third-order valence-corrected chi connectivity index (χ3v) is 3.72. The van der Waals surface area contributed by atoms with E-state index in [2.05, 4.69) is 38.1 Å². The molecule has 4 N–H and O–H groups in total. The van der Waals surface area contributed by atoms with Crippen LogP contribution in [0.3, 0.4) is 0 Å². The third kappa shape index (κ3) is 3.57. The van der Waals surface area contributed by atoms with Crippen LogP contribution >= 0.6 is 22.6 Å². The summed E-state index contributed by atoms with van der Waals surface area (Å²) in [7, 11) is 0. The predicted molar refractivity (Wildman–Crippen MR) is 88.2 cm³/mol. The van der Waals surface area contributed by atoms with Gasteiger partial charge in [-0.3, -0.25) is 9.89 Å². The number of aromatic amines is 1. The molecule has 0 aliphatic carbocycles. The number of hydrogen-bond acceptors (Lipinski definition) is 3. The highest BCUT2D eigenvalue weighted by atomic mass is 127. The van der Waals surface area contributed by atoms with Crippen LogP contribution in [0.15, 0.2) is 30.3 Å². The Labute approximate surface area is 131 Å². The van der Waals surface area contributed by atoms with Crippen molar-refractivity contribution in [1.29, 1.82) is 0 Å². The molecule has 20 heavy (non-hydrogen) atoms. The minimum atomic E-state index is -0.534. The Morgan fingerprint density at radius 1 is 1.35 bits per heavy atom. The molecule has 0 aliphatic rings. The lowest BCUT2D eigenvalue weighted by Gasteiger charge is -2.13. The molecule has 0 saturated heterocycles. The van der Waals surface area contributed by atoms with E-state index >= 15 is 0 Å². The fourth-order valence-electron chi connectivity index (χ4n) is 1.68. The van der Waals surface area contributed by atoms with Gasteiger partial charge >= 0.3 is 0 Å². The predicted octanol–water partition coefficient (Wildman–Crippen LogP) is 2.60. The van der Waals surface area contributed by atoms with Crippen LogP contribution in [0.4, 0.5) is 5.82 Å². The molecule has 0 unspecified atom stereocenters. The van der Waals surface area contributed by atoms with Gasteiger partial charge in [-0.2, -0.15) is 5.10 Å². The molecular formula is C14H17IN4O. The Morgan fingerprint density at radius 3 is 2.60 bits per heavy atom.